The number of nitrogens with one attached hydrogen (secondary N) is 2. The fourth-order valence-corrected chi connectivity index (χ4v) is 5.88. The molecule has 1 amide bonds. The van der Waals surface area contributed by atoms with Crippen LogP contribution in [0, 0.1) is 5.92 Å². The minimum atomic E-state index is 0.186. The molecule has 2 saturated heterocycles. The van der Waals surface area contributed by atoms with Crippen LogP contribution < -0.4 is 15.4 Å². The van der Waals surface area contributed by atoms with Crippen LogP contribution in [0.5, 0.6) is 5.75 Å². The number of carbonyl (C=O) groups excluding carboxylic acids is 1. The van der Waals surface area contributed by atoms with Crippen molar-refractivity contribution in [2.75, 3.05) is 32.8 Å². The van der Waals surface area contributed by atoms with Gasteiger partial charge in [-0.15, -0.1) is 0 Å². The van der Waals surface area contributed by atoms with E-state index in [4.69, 9.17) is 9.47 Å². The van der Waals surface area contributed by atoms with Crippen molar-refractivity contribution in [3.8, 4) is 5.75 Å². The van der Waals surface area contributed by atoms with Crippen LogP contribution in [0.15, 0.2) is 18.2 Å². The van der Waals surface area contributed by atoms with Gasteiger partial charge in [-0.3, -0.25) is 4.79 Å². The fourth-order valence-electron chi connectivity index (χ4n) is 5.88. The van der Waals surface area contributed by atoms with Crippen molar-refractivity contribution < 1.29 is 14.3 Å². The van der Waals surface area contributed by atoms with E-state index >= 15 is 0 Å². The lowest BCUT2D eigenvalue weighted by molar-refractivity contribution is 0.0622. The molecule has 3 atom stereocenters. The molecule has 1 aliphatic carbocycles. The molecule has 0 bridgehead atoms. The number of piperidine rings is 1. The van der Waals surface area contributed by atoms with Crippen LogP contribution in [-0.2, 0) is 11.3 Å². The van der Waals surface area contributed by atoms with Crippen LogP contribution >= 0.6 is 0 Å². The topological polar surface area (TPSA) is 62.8 Å². The first kappa shape index (κ1) is 22.2. The number of rotatable bonds is 6. The molecule has 3 aliphatic heterocycles. The van der Waals surface area contributed by atoms with E-state index in [1.54, 1.807) is 0 Å². The van der Waals surface area contributed by atoms with Crippen molar-refractivity contribution in [2.24, 2.45) is 5.92 Å². The van der Waals surface area contributed by atoms with Crippen molar-refractivity contribution in [2.45, 2.75) is 82.5 Å². The lowest BCUT2D eigenvalue weighted by Gasteiger charge is -2.31. The summed E-state index contributed by atoms with van der Waals surface area (Å²) in [6.07, 6.45) is 10.8. The van der Waals surface area contributed by atoms with Crippen LogP contribution in [0.3, 0.4) is 0 Å². The predicted octanol–water partition coefficient (Wildman–Crippen LogP) is 3.49. The number of hydrogen-bond donors (Lipinski definition) is 2. The summed E-state index contributed by atoms with van der Waals surface area (Å²) in [7, 11) is 0. The molecule has 2 N–H and O–H groups in total. The molecular weight excluding hydrogens is 402 g/mol. The van der Waals surface area contributed by atoms with Gasteiger partial charge in [-0.25, -0.2) is 0 Å². The molecule has 176 valence electrons. The van der Waals surface area contributed by atoms with Crippen molar-refractivity contribution in [1.82, 2.24) is 15.5 Å². The number of benzene rings is 1. The molecule has 6 nitrogen and oxygen atoms in total. The van der Waals surface area contributed by atoms with E-state index in [9.17, 15) is 4.79 Å². The number of hydrogen-bond acceptors (Lipinski definition) is 5. The van der Waals surface area contributed by atoms with E-state index in [1.807, 2.05) is 12.1 Å². The van der Waals surface area contributed by atoms with Gasteiger partial charge in [0.25, 0.3) is 5.91 Å². The second kappa shape index (κ2) is 10.5. The van der Waals surface area contributed by atoms with Gasteiger partial charge in [0.2, 0.25) is 0 Å². The Morgan fingerprint density at radius 1 is 1.06 bits per heavy atom. The SMILES string of the molecule is O=C1c2ccc(OC3CCCCCC3NCC3CCOCC3)cc2CN1C1CCCNC1. The quantitative estimate of drug-likeness (QED) is 0.662. The molecule has 3 unspecified atom stereocenters. The van der Waals surface area contributed by atoms with Gasteiger partial charge < -0.3 is 25.0 Å². The number of amides is 1. The van der Waals surface area contributed by atoms with Gasteiger partial charge in [0.15, 0.2) is 0 Å². The average molecular weight is 442 g/mol. The summed E-state index contributed by atoms with van der Waals surface area (Å²) in [5.74, 6) is 1.83. The average Bonchev–Trinajstić information content (AvgIpc) is 3.00. The van der Waals surface area contributed by atoms with Gasteiger partial charge in [0, 0.05) is 44.0 Å². The van der Waals surface area contributed by atoms with Gasteiger partial charge in [-0.1, -0.05) is 12.8 Å². The van der Waals surface area contributed by atoms with Crippen molar-refractivity contribution >= 4 is 5.91 Å². The maximum absolute atomic E-state index is 13.0. The summed E-state index contributed by atoms with van der Waals surface area (Å²) in [6, 6.07) is 6.85. The Kier molecular flexibility index (Phi) is 7.30. The molecule has 6 heteroatoms. The largest absolute Gasteiger partial charge is 0.489 e. The summed E-state index contributed by atoms with van der Waals surface area (Å²) in [5.41, 5.74) is 1.98. The van der Waals surface area contributed by atoms with E-state index in [0.717, 1.165) is 87.7 Å². The Labute approximate surface area is 192 Å². The van der Waals surface area contributed by atoms with Crippen LogP contribution in [0.25, 0.3) is 0 Å². The van der Waals surface area contributed by atoms with Crippen LogP contribution in [0.2, 0.25) is 0 Å². The highest BCUT2D eigenvalue weighted by molar-refractivity contribution is 5.98. The van der Waals surface area contributed by atoms with Gasteiger partial charge >= 0.3 is 0 Å². The third-order valence-electron chi connectivity index (χ3n) is 7.87. The number of nitrogens with zero attached hydrogens (tertiary/aromatic N) is 1. The third-order valence-corrected chi connectivity index (χ3v) is 7.87. The van der Waals surface area contributed by atoms with Crippen molar-refractivity contribution in [3.63, 3.8) is 0 Å². The maximum atomic E-state index is 13.0. The zero-order chi connectivity index (χ0) is 21.8. The molecule has 1 aromatic carbocycles. The maximum Gasteiger partial charge on any atom is 0.254 e. The normalized spacial score (nSPS) is 29.6. The Morgan fingerprint density at radius 3 is 2.78 bits per heavy atom. The smallest absolute Gasteiger partial charge is 0.254 e. The monoisotopic (exact) mass is 441 g/mol. The van der Waals surface area contributed by atoms with Gasteiger partial charge in [0.05, 0.1) is 0 Å². The van der Waals surface area contributed by atoms with Crippen molar-refractivity contribution in [1.29, 1.82) is 0 Å². The number of carbonyl (C=O) groups is 1. The molecule has 0 spiro atoms. The third kappa shape index (κ3) is 5.13. The number of ether oxygens (including phenoxy) is 2. The predicted molar refractivity (Wildman–Crippen MR) is 125 cm³/mol. The molecule has 0 aromatic heterocycles. The molecule has 4 aliphatic rings. The second-order valence-corrected chi connectivity index (χ2v) is 10.1. The Morgan fingerprint density at radius 2 is 1.94 bits per heavy atom. The molecule has 0 radical (unpaired) electrons. The van der Waals surface area contributed by atoms with E-state index in [-0.39, 0.29) is 12.0 Å². The molecule has 5 rings (SSSR count). The molecule has 1 saturated carbocycles. The van der Waals surface area contributed by atoms with Gasteiger partial charge in [0.1, 0.15) is 11.9 Å². The summed E-state index contributed by atoms with van der Waals surface area (Å²) in [6.45, 7) is 5.56. The van der Waals surface area contributed by atoms with Gasteiger partial charge in [-0.05, 0) is 87.7 Å². The summed E-state index contributed by atoms with van der Waals surface area (Å²) in [4.78, 5) is 15.0. The zero-order valence-corrected chi connectivity index (χ0v) is 19.3. The van der Waals surface area contributed by atoms with Crippen LogP contribution in [0.4, 0.5) is 0 Å². The Bertz CT molecular complexity index is 774. The molecular formula is C26H39N3O3. The standard InChI is InChI=1S/C26H39N3O3/c30-26-23-9-8-22(15-20(23)18-29(26)21-5-4-12-27-17-21)32-25-7-3-1-2-6-24(25)28-16-19-10-13-31-14-11-19/h8-9,15,19,21,24-25,27-28H,1-7,10-14,16-18H2. The molecule has 1 aromatic rings. The molecule has 3 heterocycles. The molecule has 32 heavy (non-hydrogen) atoms. The summed E-state index contributed by atoms with van der Waals surface area (Å²) >= 11 is 0. The minimum absolute atomic E-state index is 0.186. The van der Waals surface area contributed by atoms with Crippen LogP contribution in [0.1, 0.15) is 73.7 Å². The Balaban J connectivity index is 1.23. The first-order valence-electron chi connectivity index (χ1n) is 12.9. The first-order chi connectivity index (χ1) is 15.8. The first-order valence-corrected chi connectivity index (χ1v) is 12.9. The molecule has 3 fully saturated rings. The lowest BCUT2D eigenvalue weighted by atomic mass is 9.98. The van der Waals surface area contributed by atoms with E-state index in [1.165, 1.54) is 25.7 Å². The van der Waals surface area contributed by atoms with E-state index in [2.05, 4.69) is 21.6 Å². The summed E-state index contributed by atoms with van der Waals surface area (Å²) < 4.78 is 12.1. The fraction of sp³-hybridized carbons (Fsp3) is 0.731. The highest BCUT2D eigenvalue weighted by Crippen LogP contribution is 2.31. The summed E-state index contributed by atoms with van der Waals surface area (Å²) in [5, 5.41) is 7.30. The highest BCUT2D eigenvalue weighted by atomic mass is 16.5. The Hall–Kier alpha value is -1.63. The second-order valence-electron chi connectivity index (χ2n) is 10.1. The lowest BCUT2D eigenvalue weighted by Crippen LogP contribution is -2.46. The van der Waals surface area contributed by atoms with E-state index < -0.39 is 0 Å². The number of fused-ring (bicyclic) bond motifs is 1. The van der Waals surface area contributed by atoms with Crippen molar-refractivity contribution in [3.05, 3.63) is 29.3 Å². The highest BCUT2D eigenvalue weighted by Gasteiger charge is 2.34. The van der Waals surface area contributed by atoms with Crippen LogP contribution in [-0.4, -0.2) is 61.8 Å². The minimum Gasteiger partial charge on any atom is -0.489 e. The van der Waals surface area contributed by atoms with Gasteiger partial charge in [-0.2, -0.15) is 0 Å². The van der Waals surface area contributed by atoms with E-state index in [0.29, 0.717) is 18.6 Å². The zero-order valence-electron chi connectivity index (χ0n) is 19.3.